The molecule has 13 heavy (non-hydrogen) atoms. The van der Waals surface area contributed by atoms with E-state index in [1.165, 1.54) is 18.4 Å². The van der Waals surface area contributed by atoms with Gasteiger partial charge in [-0.2, -0.15) is 0 Å². The lowest BCUT2D eigenvalue weighted by molar-refractivity contribution is 0.405. The van der Waals surface area contributed by atoms with Gasteiger partial charge in [-0.15, -0.1) is 0 Å². The third kappa shape index (κ3) is 1.54. The average Bonchev–Trinajstić information content (AvgIpc) is 2.99. The van der Waals surface area contributed by atoms with Crippen LogP contribution in [0.3, 0.4) is 0 Å². The first-order chi connectivity index (χ1) is 6.36. The minimum absolute atomic E-state index is 0.559. The van der Waals surface area contributed by atoms with Crippen LogP contribution >= 0.6 is 0 Å². The van der Waals surface area contributed by atoms with Crippen LogP contribution in [0, 0.1) is 0 Å². The molecule has 1 fully saturated rings. The predicted molar refractivity (Wildman–Crippen MR) is 52.9 cm³/mol. The Morgan fingerprint density at radius 1 is 1.46 bits per heavy atom. The molecule has 70 valence electrons. The normalized spacial score (nSPS) is 15.8. The van der Waals surface area contributed by atoms with Gasteiger partial charge >= 0.3 is 0 Å². The van der Waals surface area contributed by atoms with E-state index in [9.17, 15) is 0 Å². The highest BCUT2D eigenvalue weighted by Crippen LogP contribution is 2.45. The summed E-state index contributed by atoms with van der Waals surface area (Å²) in [5.74, 6) is 1.73. The molecule has 0 bridgehead atoms. The molecule has 2 nitrogen and oxygen atoms in total. The molecule has 2 N–H and O–H groups in total. The van der Waals surface area contributed by atoms with Gasteiger partial charge < -0.3 is 10.5 Å². The summed E-state index contributed by atoms with van der Waals surface area (Å²) in [6.45, 7) is 0.559. The van der Waals surface area contributed by atoms with Gasteiger partial charge in [0, 0.05) is 12.1 Å². The average molecular weight is 177 g/mol. The second kappa shape index (κ2) is 3.38. The molecule has 0 radical (unpaired) electrons. The lowest BCUT2D eigenvalue weighted by atomic mass is 10.1. The molecule has 1 aliphatic rings. The van der Waals surface area contributed by atoms with E-state index in [0.29, 0.717) is 6.54 Å². The maximum absolute atomic E-state index is 5.64. The topological polar surface area (TPSA) is 35.2 Å². The van der Waals surface area contributed by atoms with Crippen molar-refractivity contribution >= 4 is 0 Å². The van der Waals surface area contributed by atoms with Gasteiger partial charge in [-0.05, 0) is 24.3 Å². The van der Waals surface area contributed by atoms with Gasteiger partial charge in [-0.25, -0.2) is 0 Å². The number of hydrogen-bond acceptors (Lipinski definition) is 2. The van der Waals surface area contributed by atoms with Gasteiger partial charge in [0.15, 0.2) is 0 Å². The fraction of sp³-hybridized carbons (Fsp3) is 0.455. The van der Waals surface area contributed by atoms with E-state index in [1.807, 2.05) is 6.07 Å². The zero-order valence-electron chi connectivity index (χ0n) is 7.92. The Morgan fingerprint density at radius 2 is 2.23 bits per heavy atom. The first-order valence-electron chi connectivity index (χ1n) is 4.72. The molecule has 0 aromatic heterocycles. The number of benzene rings is 1. The van der Waals surface area contributed by atoms with Crippen molar-refractivity contribution in [2.45, 2.75) is 25.3 Å². The Labute approximate surface area is 78.7 Å². The molecular formula is C11H15NO. The van der Waals surface area contributed by atoms with Crippen molar-refractivity contribution in [3.8, 4) is 5.75 Å². The molecular weight excluding hydrogens is 162 g/mol. The lowest BCUT2D eigenvalue weighted by Gasteiger charge is -2.11. The van der Waals surface area contributed by atoms with E-state index in [0.717, 1.165) is 17.2 Å². The van der Waals surface area contributed by atoms with Crippen LogP contribution in [-0.2, 0) is 6.54 Å². The van der Waals surface area contributed by atoms with Gasteiger partial charge in [0.1, 0.15) is 5.75 Å². The van der Waals surface area contributed by atoms with Crippen LogP contribution in [0.2, 0.25) is 0 Å². The molecule has 0 amide bonds. The molecule has 2 rings (SSSR count). The third-order valence-electron chi connectivity index (χ3n) is 2.57. The maximum Gasteiger partial charge on any atom is 0.126 e. The summed E-state index contributed by atoms with van der Waals surface area (Å²) in [7, 11) is 1.72. The standard InChI is InChI=1S/C11H15NO/c1-13-11-9(7-12)3-2-4-10(11)8-5-6-8/h2-4,8H,5-7,12H2,1H3. The van der Waals surface area contributed by atoms with Crippen LogP contribution in [0.25, 0.3) is 0 Å². The van der Waals surface area contributed by atoms with Gasteiger partial charge in [0.25, 0.3) is 0 Å². The van der Waals surface area contributed by atoms with Crippen LogP contribution in [0.1, 0.15) is 29.9 Å². The minimum Gasteiger partial charge on any atom is -0.496 e. The molecule has 0 heterocycles. The Balaban J connectivity index is 2.41. The molecule has 0 spiro atoms. The van der Waals surface area contributed by atoms with Gasteiger partial charge in [-0.3, -0.25) is 0 Å². The van der Waals surface area contributed by atoms with E-state index >= 15 is 0 Å². The zero-order chi connectivity index (χ0) is 9.26. The number of ether oxygens (including phenoxy) is 1. The van der Waals surface area contributed by atoms with Crippen LogP contribution < -0.4 is 10.5 Å². The quantitative estimate of drug-likeness (QED) is 0.766. The molecule has 0 saturated heterocycles. The van der Waals surface area contributed by atoms with Gasteiger partial charge in [0.05, 0.1) is 7.11 Å². The number of methoxy groups -OCH3 is 1. The number of nitrogens with two attached hydrogens (primary N) is 1. The molecule has 0 unspecified atom stereocenters. The molecule has 1 aliphatic carbocycles. The van der Waals surface area contributed by atoms with Crippen molar-refractivity contribution in [3.05, 3.63) is 29.3 Å². The monoisotopic (exact) mass is 177 g/mol. The van der Waals surface area contributed by atoms with Crippen molar-refractivity contribution in [2.24, 2.45) is 5.73 Å². The molecule has 1 saturated carbocycles. The maximum atomic E-state index is 5.64. The molecule has 0 aliphatic heterocycles. The zero-order valence-corrected chi connectivity index (χ0v) is 7.92. The summed E-state index contributed by atoms with van der Waals surface area (Å²) in [4.78, 5) is 0. The molecule has 1 aromatic carbocycles. The SMILES string of the molecule is COc1c(CN)cccc1C1CC1. The summed E-state index contributed by atoms with van der Waals surface area (Å²) in [6.07, 6.45) is 2.59. The molecule has 1 aromatic rings. The molecule has 2 heteroatoms. The lowest BCUT2D eigenvalue weighted by Crippen LogP contribution is -2.01. The Kier molecular flexibility index (Phi) is 2.23. The van der Waals surface area contributed by atoms with Crippen LogP contribution in [0.15, 0.2) is 18.2 Å². The summed E-state index contributed by atoms with van der Waals surface area (Å²) in [6, 6.07) is 6.25. The van der Waals surface area contributed by atoms with Crippen molar-refractivity contribution in [1.29, 1.82) is 0 Å². The van der Waals surface area contributed by atoms with Crippen molar-refractivity contribution < 1.29 is 4.74 Å². The predicted octanol–water partition coefficient (Wildman–Crippen LogP) is 2.03. The van der Waals surface area contributed by atoms with Crippen molar-refractivity contribution in [1.82, 2.24) is 0 Å². The summed E-state index contributed by atoms with van der Waals surface area (Å²) in [5.41, 5.74) is 8.09. The van der Waals surface area contributed by atoms with E-state index in [-0.39, 0.29) is 0 Å². The Hall–Kier alpha value is -1.02. The Morgan fingerprint density at radius 3 is 2.77 bits per heavy atom. The van der Waals surface area contributed by atoms with E-state index in [1.54, 1.807) is 7.11 Å². The minimum atomic E-state index is 0.559. The fourth-order valence-corrected chi connectivity index (χ4v) is 1.73. The third-order valence-corrected chi connectivity index (χ3v) is 2.57. The first-order valence-corrected chi connectivity index (χ1v) is 4.72. The van der Waals surface area contributed by atoms with E-state index in [4.69, 9.17) is 10.5 Å². The summed E-state index contributed by atoms with van der Waals surface area (Å²) in [5, 5.41) is 0. The van der Waals surface area contributed by atoms with Crippen molar-refractivity contribution in [2.75, 3.05) is 7.11 Å². The van der Waals surface area contributed by atoms with Crippen LogP contribution in [0.4, 0.5) is 0 Å². The molecule has 0 atom stereocenters. The fourth-order valence-electron chi connectivity index (χ4n) is 1.73. The highest BCUT2D eigenvalue weighted by atomic mass is 16.5. The van der Waals surface area contributed by atoms with Gasteiger partial charge in [-0.1, -0.05) is 18.2 Å². The summed E-state index contributed by atoms with van der Waals surface area (Å²) >= 11 is 0. The van der Waals surface area contributed by atoms with Crippen molar-refractivity contribution in [3.63, 3.8) is 0 Å². The summed E-state index contributed by atoms with van der Waals surface area (Å²) < 4.78 is 5.39. The van der Waals surface area contributed by atoms with Crippen LogP contribution in [-0.4, -0.2) is 7.11 Å². The highest BCUT2D eigenvalue weighted by molar-refractivity contribution is 5.45. The van der Waals surface area contributed by atoms with Gasteiger partial charge in [0.2, 0.25) is 0 Å². The smallest absolute Gasteiger partial charge is 0.126 e. The largest absolute Gasteiger partial charge is 0.496 e. The number of rotatable bonds is 3. The Bertz CT molecular complexity index is 305. The first kappa shape index (κ1) is 8.57. The van der Waals surface area contributed by atoms with Crippen LogP contribution in [0.5, 0.6) is 5.75 Å². The highest BCUT2D eigenvalue weighted by Gasteiger charge is 2.27. The number of hydrogen-bond donors (Lipinski definition) is 1. The van der Waals surface area contributed by atoms with E-state index in [2.05, 4.69) is 12.1 Å². The second-order valence-corrected chi connectivity index (χ2v) is 3.52. The number of para-hydroxylation sites is 1. The van der Waals surface area contributed by atoms with E-state index < -0.39 is 0 Å². The second-order valence-electron chi connectivity index (χ2n) is 3.52.